The maximum atomic E-state index is 12.7. The van der Waals surface area contributed by atoms with Crippen LogP contribution in [0.1, 0.15) is 65.3 Å². The Balaban J connectivity index is 2.18. The topological polar surface area (TPSA) is 71.5 Å². The number of pyridine rings is 1. The van der Waals surface area contributed by atoms with Crippen LogP contribution in [0.15, 0.2) is 18.3 Å². The van der Waals surface area contributed by atoms with E-state index in [9.17, 15) is 9.00 Å². The maximum absolute atomic E-state index is 12.7. The van der Waals surface area contributed by atoms with E-state index in [0.717, 1.165) is 17.7 Å². The zero-order valence-electron chi connectivity index (χ0n) is 17.5. The predicted molar refractivity (Wildman–Crippen MR) is 109 cm³/mol. The molecule has 7 heteroatoms. The van der Waals surface area contributed by atoms with Gasteiger partial charge in [-0.3, -0.25) is 4.98 Å². The first kappa shape index (κ1) is 21.8. The first-order valence-corrected chi connectivity index (χ1v) is 10.6. The summed E-state index contributed by atoms with van der Waals surface area (Å²) in [6, 6.07) is 3.80. The minimum Gasteiger partial charge on any atom is -0.444 e. The molecule has 1 fully saturated rings. The molecule has 0 saturated carbocycles. The number of ether oxygens (including phenoxy) is 1. The van der Waals surface area contributed by atoms with Gasteiger partial charge < -0.3 is 9.64 Å². The number of nitrogens with zero attached hydrogens (tertiary/aromatic N) is 2. The van der Waals surface area contributed by atoms with Crippen LogP contribution in [0.4, 0.5) is 4.79 Å². The Labute approximate surface area is 165 Å². The lowest BCUT2D eigenvalue weighted by Gasteiger charge is -2.28. The van der Waals surface area contributed by atoms with Gasteiger partial charge in [0.15, 0.2) is 0 Å². The molecule has 0 aromatic carbocycles. The van der Waals surface area contributed by atoms with Crippen molar-refractivity contribution in [3.05, 3.63) is 29.6 Å². The normalized spacial score (nSPS) is 20.4. The molecule has 0 spiro atoms. The molecular weight excluding hydrogens is 362 g/mol. The van der Waals surface area contributed by atoms with Crippen molar-refractivity contribution in [1.29, 1.82) is 0 Å². The Hall–Kier alpha value is -1.47. The number of aryl methyl sites for hydroxylation is 1. The highest BCUT2D eigenvalue weighted by Crippen LogP contribution is 2.31. The van der Waals surface area contributed by atoms with Crippen molar-refractivity contribution in [2.45, 2.75) is 71.3 Å². The van der Waals surface area contributed by atoms with Crippen molar-refractivity contribution in [1.82, 2.24) is 14.6 Å². The van der Waals surface area contributed by atoms with Gasteiger partial charge in [-0.25, -0.2) is 13.7 Å². The Morgan fingerprint density at radius 2 is 1.96 bits per heavy atom. The van der Waals surface area contributed by atoms with Crippen molar-refractivity contribution >= 4 is 17.1 Å². The second-order valence-electron chi connectivity index (χ2n) is 9.21. The highest BCUT2D eigenvalue weighted by molar-refractivity contribution is 7.84. The minimum atomic E-state index is -1.23. The van der Waals surface area contributed by atoms with E-state index < -0.39 is 16.6 Å². The van der Waals surface area contributed by atoms with Gasteiger partial charge >= 0.3 is 6.09 Å². The zero-order valence-corrected chi connectivity index (χ0v) is 18.4. The fraction of sp³-hybridized carbons (Fsp3) is 0.700. The summed E-state index contributed by atoms with van der Waals surface area (Å²) in [5.74, 6) is 0.124. The largest absolute Gasteiger partial charge is 0.444 e. The highest BCUT2D eigenvalue weighted by atomic mass is 32.2. The number of carbonyl (C=O) groups is 1. The number of amides is 1. The van der Waals surface area contributed by atoms with E-state index in [4.69, 9.17) is 4.74 Å². The molecule has 3 atom stereocenters. The third-order valence-corrected chi connectivity index (χ3v) is 5.97. The molecule has 1 amide bonds. The van der Waals surface area contributed by atoms with Crippen LogP contribution in [0.2, 0.25) is 0 Å². The summed E-state index contributed by atoms with van der Waals surface area (Å²) in [5, 5.41) is 0. The number of rotatable bonds is 4. The van der Waals surface area contributed by atoms with Gasteiger partial charge in [0.2, 0.25) is 0 Å². The number of aromatic nitrogens is 1. The van der Waals surface area contributed by atoms with E-state index in [1.807, 2.05) is 66.8 Å². The third-order valence-electron chi connectivity index (χ3n) is 4.39. The van der Waals surface area contributed by atoms with E-state index in [2.05, 4.69) is 9.71 Å². The SMILES string of the molecule is Cc1ccc(C(N[S@](=O)C(C)(C)C)[C@H]2CCN(C(=O)OC(C)(C)C)C2)nc1. The van der Waals surface area contributed by atoms with Gasteiger partial charge in [-0.15, -0.1) is 0 Å². The number of likely N-dealkylation sites (tertiary alicyclic amines) is 1. The molecule has 0 bridgehead atoms. The van der Waals surface area contributed by atoms with Gasteiger partial charge in [-0.2, -0.15) is 0 Å². The van der Waals surface area contributed by atoms with Crippen LogP contribution in [0.3, 0.4) is 0 Å². The van der Waals surface area contributed by atoms with E-state index in [-0.39, 0.29) is 22.8 Å². The standard InChI is InChI=1S/C20H33N3O3S/c1-14-8-9-16(21-12-14)17(22-27(25)20(5,6)7)15-10-11-23(13-15)18(24)26-19(2,3)4/h8-9,12,15,17,22H,10-11,13H2,1-7H3/t15-,17?,27+/m0/s1. The van der Waals surface area contributed by atoms with Crippen LogP contribution in [-0.2, 0) is 15.7 Å². The highest BCUT2D eigenvalue weighted by Gasteiger charge is 2.37. The third kappa shape index (κ3) is 6.28. The zero-order chi connectivity index (χ0) is 20.4. The van der Waals surface area contributed by atoms with Gasteiger partial charge in [-0.05, 0) is 66.5 Å². The molecule has 1 aliphatic heterocycles. The van der Waals surface area contributed by atoms with Crippen LogP contribution in [0.5, 0.6) is 0 Å². The van der Waals surface area contributed by atoms with Crippen molar-refractivity contribution in [2.24, 2.45) is 5.92 Å². The first-order chi connectivity index (χ1) is 12.4. The molecule has 27 heavy (non-hydrogen) atoms. The van der Waals surface area contributed by atoms with Crippen LogP contribution in [0.25, 0.3) is 0 Å². The van der Waals surface area contributed by atoms with Gasteiger partial charge in [0.05, 0.1) is 27.5 Å². The summed E-state index contributed by atoms with van der Waals surface area (Å²) >= 11 is 0. The Kier molecular flexibility index (Phi) is 6.68. The number of carbonyl (C=O) groups excluding carboxylic acids is 1. The van der Waals surface area contributed by atoms with E-state index in [1.54, 1.807) is 4.90 Å². The maximum Gasteiger partial charge on any atom is 0.410 e. The van der Waals surface area contributed by atoms with Crippen molar-refractivity contribution in [3.63, 3.8) is 0 Å². The first-order valence-electron chi connectivity index (χ1n) is 9.45. The van der Waals surface area contributed by atoms with Crippen LogP contribution >= 0.6 is 0 Å². The van der Waals surface area contributed by atoms with Gasteiger partial charge in [0, 0.05) is 25.2 Å². The molecule has 6 nitrogen and oxygen atoms in total. The molecule has 1 N–H and O–H groups in total. The fourth-order valence-corrected chi connectivity index (χ4v) is 3.80. The molecule has 1 aromatic rings. The molecule has 0 radical (unpaired) electrons. The molecule has 1 aliphatic rings. The predicted octanol–water partition coefficient (Wildman–Crippen LogP) is 3.74. The lowest BCUT2D eigenvalue weighted by atomic mass is 9.96. The molecular formula is C20H33N3O3S. The van der Waals surface area contributed by atoms with E-state index >= 15 is 0 Å². The summed E-state index contributed by atoms with van der Waals surface area (Å²) in [7, 11) is -1.23. The van der Waals surface area contributed by atoms with Crippen LogP contribution < -0.4 is 4.72 Å². The quantitative estimate of drug-likeness (QED) is 0.843. The van der Waals surface area contributed by atoms with Gasteiger partial charge in [0.1, 0.15) is 5.60 Å². The number of hydrogen-bond donors (Lipinski definition) is 1. The monoisotopic (exact) mass is 395 g/mol. The summed E-state index contributed by atoms with van der Waals surface area (Å²) < 4.78 is 21.1. The average molecular weight is 396 g/mol. The van der Waals surface area contributed by atoms with Crippen molar-refractivity contribution < 1.29 is 13.7 Å². The van der Waals surface area contributed by atoms with Crippen molar-refractivity contribution in [2.75, 3.05) is 13.1 Å². The second kappa shape index (κ2) is 8.27. The Morgan fingerprint density at radius 3 is 2.48 bits per heavy atom. The lowest BCUT2D eigenvalue weighted by molar-refractivity contribution is 0.0286. The molecule has 1 aromatic heterocycles. The number of hydrogen-bond acceptors (Lipinski definition) is 4. The number of nitrogens with one attached hydrogen (secondary N) is 1. The van der Waals surface area contributed by atoms with Gasteiger partial charge in [0.25, 0.3) is 0 Å². The fourth-order valence-electron chi connectivity index (χ4n) is 2.91. The minimum absolute atomic E-state index is 0.124. The van der Waals surface area contributed by atoms with Crippen molar-refractivity contribution in [3.8, 4) is 0 Å². The molecule has 152 valence electrons. The molecule has 1 unspecified atom stereocenters. The summed E-state index contributed by atoms with van der Waals surface area (Å²) in [6.45, 7) is 14.6. The molecule has 1 saturated heterocycles. The second-order valence-corrected chi connectivity index (χ2v) is 11.2. The summed E-state index contributed by atoms with van der Waals surface area (Å²) in [6.07, 6.45) is 2.34. The smallest absolute Gasteiger partial charge is 0.410 e. The summed E-state index contributed by atoms with van der Waals surface area (Å²) in [5.41, 5.74) is 1.42. The van der Waals surface area contributed by atoms with Crippen LogP contribution in [0, 0.1) is 12.8 Å². The Morgan fingerprint density at radius 1 is 1.30 bits per heavy atom. The molecule has 0 aliphatic carbocycles. The molecule has 2 rings (SSSR count). The average Bonchev–Trinajstić information content (AvgIpc) is 3.00. The Bertz CT molecular complexity index is 677. The van der Waals surface area contributed by atoms with E-state index in [1.165, 1.54) is 0 Å². The lowest BCUT2D eigenvalue weighted by Crippen LogP contribution is -2.40. The van der Waals surface area contributed by atoms with E-state index in [0.29, 0.717) is 13.1 Å². The van der Waals surface area contributed by atoms with Crippen LogP contribution in [-0.4, -0.2) is 43.6 Å². The summed E-state index contributed by atoms with van der Waals surface area (Å²) in [4.78, 5) is 18.7. The molecule has 2 heterocycles. The van der Waals surface area contributed by atoms with Gasteiger partial charge in [-0.1, -0.05) is 6.07 Å².